The molecular weight excluding hydrogens is 236 g/mol. The number of carbonyl (C=O) groups is 1. The maximum absolute atomic E-state index is 13.6. The van der Waals surface area contributed by atoms with Crippen LogP contribution in [0, 0.1) is 23.0 Å². The predicted octanol–water partition coefficient (Wildman–Crippen LogP) is 3.32. The molecule has 0 aliphatic rings. The SMILES string of the molecule is N#Cc1cc(F)cc(-c2cc(C=O)ccc2F)c1. The minimum atomic E-state index is -0.625. The minimum Gasteiger partial charge on any atom is -0.298 e. The topological polar surface area (TPSA) is 40.9 Å². The summed E-state index contributed by atoms with van der Waals surface area (Å²) in [5.74, 6) is -1.20. The molecule has 18 heavy (non-hydrogen) atoms. The zero-order chi connectivity index (χ0) is 13.1. The maximum Gasteiger partial charge on any atom is 0.150 e. The van der Waals surface area contributed by atoms with Gasteiger partial charge in [-0.05, 0) is 42.0 Å². The number of nitrogens with zero attached hydrogens (tertiary/aromatic N) is 1. The fraction of sp³-hybridized carbons (Fsp3) is 0. The Morgan fingerprint density at radius 2 is 1.89 bits per heavy atom. The molecule has 0 fully saturated rings. The van der Waals surface area contributed by atoms with E-state index in [1.165, 1.54) is 18.2 Å². The smallest absolute Gasteiger partial charge is 0.150 e. The third kappa shape index (κ3) is 2.25. The van der Waals surface area contributed by atoms with E-state index in [-0.39, 0.29) is 22.3 Å². The maximum atomic E-state index is 13.6. The number of halogens is 2. The summed E-state index contributed by atoms with van der Waals surface area (Å²) in [4.78, 5) is 10.6. The third-order valence-electron chi connectivity index (χ3n) is 2.46. The van der Waals surface area contributed by atoms with E-state index in [1.54, 1.807) is 6.07 Å². The average molecular weight is 243 g/mol. The molecular formula is C14H7F2NO. The highest BCUT2D eigenvalue weighted by Crippen LogP contribution is 2.25. The van der Waals surface area contributed by atoms with E-state index in [0.717, 1.165) is 18.2 Å². The van der Waals surface area contributed by atoms with Crippen LogP contribution in [-0.4, -0.2) is 6.29 Å². The van der Waals surface area contributed by atoms with E-state index in [0.29, 0.717) is 6.29 Å². The Morgan fingerprint density at radius 3 is 2.56 bits per heavy atom. The van der Waals surface area contributed by atoms with Crippen molar-refractivity contribution in [3.05, 3.63) is 59.2 Å². The molecule has 0 spiro atoms. The number of aldehydes is 1. The van der Waals surface area contributed by atoms with Gasteiger partial charge in [-0.3, -0.25) is 4.79 Å². The summed E-state index contributed by atoms with van der Waals surface area (Å²) in [6, 6.07) is 9.13. The summed E-state index contributed by atoms with van der Waals surface area (Å²) in [6.45, 7) is 0. The van der Waals surface area contributed by atoms with Gasteiger partial charge in [0.25, 0.3) is 0 Å². The van der Waals surface area contributed by atoms with Gasteiger partial charge in [0.05, 0.1) is 11.6 Å². The van der Waals surface area contributed by atoms with Crippen LogP contribution >= 0.6 is 0 Å². The Labute approximate surface area is 102 Å². The van der Waals surface area contributed by atoms with E-state index in [1.807, 2.05) is 0 Å². The molecule has 0 aromatic heterocycles. The van der Waals surface area contributed by atoms with Gasteiger partial charge in [0.1, 0.15) is 17.9 Å². The molecule has 0 aliphatic carbocycles. The number of carbonyl (C=O) groups excluding carboxylic acids is 1. The van der Waals surface area contributed by atoms with Gasteiger partial charge < -0.3 is 0 Å². The molecule has 2 aromatic carbocycles. The van der Waals surface area contributed by atoms with Gasteiger partial charge in [0, 0.05) is 11.1 Å². The van der Waals surface area contributed by atoms with Crippen molar-refractivity contribution in [2.24, 2.45) is 0 Å². The van der Waals surface area contributed by atoms with Crippen LogP contribution in [0.1, 0.15) is 15.9 Å². The number of hydrogen-bond acceptors (Lipinski definition) is 2. The monoisotopic (exact) mass is 243 g/mol. The third-order valence-corrected chi connectivity index (χ3v) is 2.46. The van der Waals surface area contributed by atoms with Gasteiger partial charge in [-0.1, -0.05) is 0 Å². The summed E-state index contributed by atoms with van der Waals surface area (Å²) >= 11 is 0. The fourth-order valence-corrected chi connectivity index (χ4v) is 1.65. The molecule has 2 nitrogen and oxygen atoms in total. The van der Waals surface area contributed by atoms with Gasteiger partial charge in [-0.2, -0.15) is 5.26 Å². The first-order valence-corrected chi connectivity index (χ1v) is 5.10. The van der Waals surface area contributed by atoms with Crippen molar-refractivity contribution in [3.63, 3.8) is 0 Å². The van der Waals surface area contributed by atoms with Crippen molar-refractivity contribution in [2.75, 3.05) is 0 Å². The van der Waals surface area contributed by atoms with Crippen LogP contribution < -0.4 is 0 Å². The molecule has 4 heteroatoms. The lowest BCUT2D eigenvalue weighted by Crippen LogP contribution is -1.90. The first-order chi connectivity index (χ1) is 8.63. The first kappa shape index (κ1) is 11.9. The van der Waals surface area contributed by atoms with Gasteiger partial charge in [0.2, 0.25) is 0 Å². The summed E-state index contributed by atoms with van der Waals surface area (Å²) in [6.07, 6.45) is 0.577. The largest absolute Gasteiger partial charge is 0.298 e. The van der Waals surface area contributed by atoms with Crippen LogP contribution in [0.4, 0.5) is 8.78 Å². The van der Waals surface area contributed by atoms with Crippen LogP contribution in [-0.2, 0) is 0 Å². The molecule has 0 unspecified atom stereocenters. The Hall–Kier alpha value is -2.54. The van der Waals surface area contributed by atoms with Gasteiger partial charge in [0.15, 0.2) is 0 Å². The quantitative estimate of drug-likeness (QED) is 0.759. The Kier molecular flexibility index (Phi) is 3.16. The van der Waals surface area contributed by atoms with Crippen molar-refractivity contribution in [2.45, 2.75) is 0 Å². The molecule has 2 rings (SSSR count). The van der Waals surface area contributed by atoms with E-state index in [2.05, 4.69) is 0 Å². The molecule has 0 aliphatic heterocycles. The number of nitriles is 1. The van der Waals surface area contributed by atoms with Crippen LogP contribution in [0.5, 0.6) is 0 Å². The lowest BCUT2D eigenvalue weighted by molar-refractivity contribution is 0.112. The lowest BCUT2D eigenvalue weighted by atomic mass is 10.0. The molecule has 0 radical (unpaired) electrons. The average Bonchev–Trinajstić information content (AvgIpc) is 2.38. The summed E-state index contributed by atoms with van der Waals surface area (Å²) in [5.41, 5.74) is 0.707. The van der Waals surface area contributed by atoms with Gasteiger partial charge in [-0.15, -0.1) is 0 Å². The second kappa shape index (κ2) is 4.76. The molecule has 0 saturated carbocycles. The van der Waals surface area contributed by atoms with Crippen LogP contribution in [0.15, 0.2) is 36.4 Å². The fourth-order valence-electron chi connectivity index (χ4n) is 1.65. The van der Waals surface area contributed by atoms with Crippen LogP contribution in [0.25, 0.3) is 11.1 Å². The van der Waals surface area contributed by atoms with Gasteiger partial charge in [-0.25, -0.2) is 8.78 Å². The van der Waals surface area contributed by atoms with Crippen molar-refractivity contribution in [3.8, 4) is 17.2 Å². The predicted molar refractivity (Wildman–Crippen MR) is 61.9 cm³/mol. The molecule has 0 N–H and O–H groups in total. The molecule has 0 bridgehead atoms. The Bertz CT molecular complexity index is 659. The van der Waals surface area contributed by atoms with E-state index in [4.69, 9.17) is 5.26 Å². The molecule has 0 saturated heterocycles. The van der Waals surface area contributed by atoms with Crippen LogP contribution in [0.2, 0.25) is 0 Å². The molecule has 0 atom stereocenters. The number of hydrogen-bond donors (Lipinski definition) is 0. The standard InChI is InChI=1S/C14H7F2NO/c15-12-4-10(7-17)3-11(6-12)13-5-9(8-18)1-2-14(13)16/h1-6,8H. The summed E-state index contributed by atoms with van der Waals surface area (Å²) < 4.78 is 26.9. The van der Waals surface area contributed by atoms with Crippen molar-refractivity contribution in [1.82, 2.24) is 0 Å². The van der Waals surface area contributed by atoms with E-state index < -0.39 is 11.6 Å². The highest BCUT2D eigenvalue weighted by atomic mass is 19.1. The minimum absolute atomic E-state index is 0.0931. The highest BCUT2D eigenvalue weighted by molar-refractivity contribution is 5.79. The van der Waals surface area contributed by atoms with Gasteiger partial charge >= 0.3 is 0 Å². The second-order valence-corrected chi connectivity index (χ2v) is 3.70. The molecule has 0 heterocycles. The molecule has 88 valence electrons. The Balaban J connectivity index is 2.65. The van der Waals surface area contributed by atoms with E-state index in [9.17, 15) is 13.6 Å². The molecule has 2 aromatic rings. The van der Waals surface area contributed by atoms with Crippen molar-refractivity contribution in [1.29, 1.82) is 5.26 Å². The number of benzene rings is 2. The normalized spacial score (nSPS) is 9.83. The van der Waals surface area contributed by atoms with E-state index >= 15 is 0 Å². The highest BCUT2D eigenvalue weighted by Gasteiger charge is 2.09. The zero-order valence-corrected chi connectivity index (χ0v) is 9.15. The van der Waals surface area contributed by atoms with Crippen molar-refractivity contribution >= 4 is 6.29 Å². The Morgan fingerprint density at radius 1 is 1.11 bits per heavy atom. The lowest BCUT2D eigenvalue weighted by Gasteiger charge is -2.05. The molecule has 0 amide bonds. The first-order valence-electron chi connectivity index (χ1n) is 5.10. The second-order valence-electron chi connectivity index (χ2n) is 3.70. The summed E-state index contributed by atoms with van der Waals surface area (Å²) in [7, 11) is 0. The summed E-state index contributed by atoms with van der Waals surface area (Å²) in [5, 5.41) is 8.74. The van der Waals surface area contributed by atoms with Crippen molar-refractivity contribution < 1.29 is 13.6 Å². The van der Waals surface area contributed by atoms with Crippen LogP contribution in [0.3, 0.4) is 0 Å². The number of rotatable bonds is 2. The zero-order valence-electron chi connectivity index (χ0n) is 9.15.